The van der Waals surface area contributed by atoms with Crippen molar-refractivity contribution < 1.29 is 9.32 Å². The summed E-state index contributed by atoms with van der Waals surface area (Å²) in [7, 11) is 0. The van der Waals surface area contributed by atoms with Gasteiger partial charge in [0.2, 0.25) is 17.6 Å². The average molecular weight is 391 g/mol. The first kappa shape index (κ1) is 19.8. The third kappa shape index (κ3) is 5.78. The van der Waals surface area contributed by atoms with Gasteiger partial charge in [0.1, 0.15) is 0 Å². The molecule has 7 heteroatoms. The second kappa shape index (κ2) is 9.33. The van der Waals surface area contributed by atoms with Crippen molar-refractivity contribution >= 4 is 17.5 Å². The van der Waals surface area contributed by atoms with E-state index in [9.17, 15) is 4.79 Å². The first-order chi connectivity index (χ1) is 13.0. The fourth-order valence-electron chi connectivity index (χ4n) is 3.33. The first-order valence-electron chi connectivity index (χ1n) is 9.60. The lowest BCUT2D eigenvalue weighted by Crippen LogP contribution is -2.42. The second-order valence-electron chi connectivity index (χ2n) is 7.48. The maximum atomic E-state index is 11.8. The highest BCUT2D eigenvalue weighted by Crippen LogP contribution is 2.20. The number of carbonyl (C=O) groups is 1. The standard InChI is InChI=1S/C20H27ClN4O2/c1-14(2)20(26)22-12-15-5-4-9-25(13-15)10-8-18-23-19(24-27-18)16-6-3-7-17(21)11-16/h3,6-7,11,14-15H,4-5,8-10,12-13H2,1-2H3,(H,22,26). The summed E-state index contributed by atoms with van der Waals surface area (Å²) in [6.45, 7) is 7.55. The molecule has 1 saturated heterocycles. The molecule has 0 saturated carbocycles. The molecule has 2 aromatic rings. The van der Waals surface area contributed by atoms with Gasteiger partial charge in [-0.1, -0.05) is 42.7 Å². The number of likely N-dealkylation sites (tertiary alicyclic amines) is 1. The number of halogens is 1. The predicted molar refractivity (Wildman–Crippen MR) is 105 cm³/mol. The maximum absolute atomic E-state index is 11.8. The van der Waals surface area contributed by atoms with Gasteiger partial charge in [-0.05, 0) is 37.4 Å². The summed E-state index contributed by atoms with van der Waals surface area (Å²) in [5.41, 5.74) is 0.858. The van der Waals surface area contributed by atoms with Crippen molar-refractivity contribution in [3.05, 3.63) is 35.2 Å². The Bertz CT molecular complexity index is 762. The smallest absolute Gasteiger partial charge is 0.228 e. The van der Waals surface area contributed by atoms with Crippen LogP contribution in [-0.4, -0.2) is 47.1 Å². The third-order valence-electron chi connectivity index (χ3n) is 4.89. The van der Waals surface area contributed by atoms with E-state index >= 15 is 0 Å². The molecule has 1 aliphatic rings. The van der Waals surface area contributed by atoms with E-state index in [0.717, 1.165) is 51.0 Å². The number of nitrogens with one attached hydrogen (secondary N) is 1. The van der Waals surface area contributed by atoms with Crippen LogP contribution in [-0.2, 0) is 11.2 Å². The number of piperidine rings is 1. The van der Waals surface area contributed by atoms with Crippen LogP contribution in [0.3, 0.4) is 0 Å². The van der Waals surface area contributed by atoms with Gasteiger partial charge in [-0.2, -0.15) is 4.98 Å². The molecule has 6 nitrogen and oxygen atoms in total. The molecule has 1 fully saturated rings. The van der Waals surface area contributed by atoms with E-state index in [1.165, 1.54) is 0 Å². The van der Waals surface area contributed by atoms with Crippen LogP contribution in [0.1, 0.15) is 32.6 Å². The zero-order chi connectivity index (χ0) is 19.2. The van der Waals surface area contributed by atoms with E-state index in [4.69, 9.17) is 16.1 Å². The molecular weight excluding hydrogens is 364 g/mol. The highest BCUT2D eigenvalue weighted by molar-refractivity contribution is 6.30. The molecule has 0 spiro atoms. The molecule has 0 radical (unpaired) electrons. The zero-order valence-electron chi connectivity index (χ0n) is 15.9. The van der Waals surface area contributed by atoms with Crippen LogP contribution in [0.2, 0.25) is 5.02 Å². The molecule has 0 bridgehead atoms. The van der Waals surface area contributed by atoms with Crippen molar-refractivity contribution in [1.29, 1.82) is 0 Å². The van der Waals surface area contributed by atoms with Crippen LogP contribution >= 0.6 is 11.6 Å². The predicted octanol–water partition coefficient (Wildman–Crippen LogP) is 3.42. The summed E-state index contributed by atoms with van der Waals surface area (Å²) in [5, 5.41) is 7.77. The Morgan fingerprint density at radius 1 is 1.44 bits per heavy atom. The first-order valence-corrected chi connectivity index (χ1v) is 9.97. The Morgan fingerprint density at radius 2 is 2.30 bits per heavy atom. The minimum Gasteiger partial charge on any atom is -0.356 e. The van der Waals surface area contributed by atoms with Gasteiger partial charge in [-0.25, -0.2) is 0 Å². The largest absolute Gasteiger partial charge is 0.356 e. The Balaban J connectivity index is 1.48. The molecule has 2 heterocycles. The number of carbonyl (C=O) groups excluding carboxylic acids is 1. The van der Waals surface area contributed by atoms with Crippen molar-refractivity contribution in [1.82, 2.24) is 20.4 Å². The normalized spacial score (nSPS) is 18.0. The van der Waals surface area contributed by atoms with Crippen LogP contribution < -0.4 is 5.32 Å². The summed E-state index contributed by atoms with van der Waals surface area (Å²) in [6, 6.07) is 7.44. The highest BCUT2D eigenvalue weighted by Gasteiger charge is 2.21. The van der Waals surface area contributed by atoms with Crippen LogP contribution in [0.15, 0.2) is 28.8 Å². The monoisotopic (exact) mass is 390 g/mol. The number of hydrogen-bond acceptors (Lipinski definition) is 5. The molecule has 1 atom stereocenters. The third-order valence-corrected chi connectivity index (χ3v) is 5.12. The number of hydrogen-bond donors (Lipinski definition) is 1. The molecular formula is C20H27ClN4O2. The van der Waals surface area contributed by atoms with E-state index in [1.807, 2.05) is 38.1 Å². The molecule has 1 aromatic carbocycles. The average Bonchev–Trinajstić information content (AvgIpc) is 3.14. The Labute approximate surface area is 165 Å². The summed E-state index contributed by atoms with van der Waals surface area (Å²) in [5.74, 6) is 1.88. The molecule has 27 heavy (non-hydrogen) atoms. The summed E-state index contributed by atoms with van der Waals surface area (Å²) < 4.78 is 5.39. The van der Waals surface area contributed by atoms with Crippen molar-refractivity contribution in [3.8, 4) is 11.4 Å². The van der Waals surface area contributed by atoms with Gasteiger partial charge in [0.15, 0.2) is 0 Å². The van der Waals surface area contributed by atoms with Gasteiger partial charge in [0.05, 0.1) is 0 Å². The molecule has 1 aromatic heterocycles. The molecule has 0 aliphatic carbocycles. The molecule has 1 N–H and O–H groups in total. The molecule has 3 rings (SSSR count). The van der Waals surface area contributed by atoms with Crippen molar-refractivity contribution in [3.63, 3.8) is 0 Å². The molecule has 1 unspecified atom stereocenters. The maximum Gasteiger partial charge on any atom is 0.228 e. The fraction of sp³-hybridized carbons (Fsp3) is 0.550. The van der Waals surface area contributed by atoms with Crippen LogP contribution in [0.25, 0.3) is 11.4 Å². The lowest BCUT2D eigenvalue weighted by atomic mass is 9.97. The van der Waals surface area contributed by atoms with E-state index in [2.05, 4.69) is 20.4 Å². The molecule has 146 valence electrons. The number of rotatable bonds is 7. The second-order valence-corrected chi connectivity index (χ2v) is 7.92. The summed E-state index contributed by atoms with van der Waals surface area (Å²) >= 11 is 6.02. The fourth-order valence-corrected chi connectivity index (χ4v) is 3.52. The molecule has 1 amide bonds. The quantitative estimate of drug-likeness (QED) is 0.784. The lowest BCUT2D eigenvalue weighted by Gasteiger charge is -2.32. The Kier molecular flexibility index (Phi) is 6.85. The molecule has 1 aliphatic heterocycles. The van der Waals surface area contributed by atoms with Gasteiger partial charge in [-0.3, -0.25) is 4.79 Å². The van der Waals surface area contributed by atoms with E-state index < -0.39 is 0 Å². The minimum atomic E-state index is 0.0379. The zero-order valence-corrected chi connectivity index (χ0v) is 16.7. The van der Waals surface area contributed by atoms with Crippen molar-refractivity contribution in [2.75, 3.05) is 26.2 Å². The Hall–Kier alpha value is -1.92. The topological polar surface area (TPSA) is 71.3 Å². The van der Waals surface area contributed by atoms with E-state index in [-0.39, 0.29) is 11.8 Å². The van der Waals surface area contributed by atoms with E-state index in [0.29, 0.717) is 22.7 Å². The Morgan fingerprint density at radius 3 is 3.07 bits per heavy atom. The van der Waals surface area contributed by atoms with Gasteiger partial charge >= 0.3 is 0 Å². The van der Waals surface area contributed by atoms with Crippen molar-refractivity contribution in [2.45, 2.75) is 33.1 Å². The van der Waals surface area contributed by atoms with E-state index in [1.54, 1.807) is 0 Å². The number of nitrogens with zero attached hydrogens (tertiary/aromatic N) is 3. The van der Waals surface area contributed by atoms with Gasteiger partial charge in [-0.15, -0.1) is 0 Å². The number of amides is 1. The van der Waals surface area contributed by atoms with Crippen LogP contribution in [0.4, 0.5) is 0 Å². The number of benzene rings is 1. The van der Waals surface area contributed by atoms with Crippen molar-refractivity contribution in [2.24, 2.45) is 11.8 Å². The number of aromatic nitrogens is 2. The van der Waals surface area contributed by atoms with Gasteiger partial charge in [0.25, 0.3) is 0 Å². The SMILES string of the molecule is CC(C)C(=O)NCC1CCCN(CCc2nc(-c3cccc(Cl)c3)no2)C1. The van der Waals surface area contributed by atoms with Gasteiger partial charge in [0, 0.05) is 42.6 Å². The van der Waals surface area contributed by atoms with Gasteiger partial charge < -0.3 is 14.7 Å². The lowest BCUT2D eigenvalue weighted by molar-refractivity contribution is -0.124. The minimum absolute atomic E-state index is 0.0379. The van der Waals surface area contributed by atoms with Crippen LogP contribution in [0.5, 0.6) is 0 Å². The summed E-state index contributed by atoms with van der Waals surface area (Å²) in [6.07, 6.45) is 3.03. The summed E-state index contributed by atoms with van der Waals surface area (Å²) in [4.78, 5) is 18.7. The highest BCUT2D eigenvalue weighted by atomic mass is 35.5. The van der Waals surface area contributed by atoms with Crippen LogP contribution in [0, 0.1) is 11.8 Å².